The Morgan fingerprint density at radius 3 is 2.65 bits per heavy atom. The first-order valence-corrected chi connectivity index (χ1v) is 12.6. The van der Waals surface area contributed by atoms with Crippen LogP contribution < -0.4 is 10.5 Å². The molecule has 15 heteroatoms. The second-order valence-corrected chi connectivity index (χ2v) is 9.45. The summed E-state index contributed by atoms with van der Waals surface area (Å²) in [7, 11) is -3.26. The van der Waals surface area contributed by atoms with Crippen LogP contribution in [0, 0.1) is 0 Å². The van der Waals surface area contributed by atoms with Crippen LogP contribution in [0.2, 0.25) is 0 Å². The first-order valence-electron chi connectivity index (χ1n) is 11.2. The largest absolute Gasteiger partial charge is 0.465 e. The molecule has 1 fully saturated rings. The van der Waals surface area contributed by atoms with E-state index in [0.29, 0.717) is 24.0 Å². The van der Waals surface area contributed by atoms with Gasteiger partial charge in [0.25, 0.3) is 0 Å². The predicted molar refractivity (Wildman–Crippen MR) is 127 cm³/mol. The van der Waals surface area contributed by atoms with E-state index < -0.39 is 46.7 Å². The number of nitrogen functional groups attached to an aromatic ring is 1. The van der Waals surface area contributed by atoms with Gasteiger partial charge in [-0.3, -0.25) is 18.3 Å². The molecule has 1 saturated heterocycles. The number of hydrogen-bond donors (Lipinski definition) is 2. The number of Topliss-reactive ketones (excluding diaryl/α,β-unsaturated/α-hetero) is 1. The Bertz CT molecular complexity index is 1440. The van der Waals surface area contributed by atoms with Crippen LogP contribution in [-0.2, 0) is 28.8 Å². The predicted octanol–water partition coefficient (Wildman–Crippen LogP) is 0.913. The zero-order chi connectivity index (χ0) is 26.6. The normalized spacial score (nSPS) is 17.5. The number of ether oxygens (including phenoxy) is 2. The number of nitrogens with one attached hydrogen (secondary N) is 1. The van der Waals surface area contributed by atoms with E-state index in [4.69, 9.17) is 14.7 Å². The van der Waals surface area contributed by atoms with Crippen LogP contribution in [0.4, 0.5) is 5.82 Å². The highest BCUT2D eigenvalue weighted by Crippen LogP contribution is 2.31. The zero-order valence-corrected chi connectivity index (χ0v) is 20.5. The molecular weight excluding hydrogens is 508 g/mol. The quantitative estimate of drug-likeness (QED) is 0.277. The molecule has 196 valence electrons. The smallest absolute Gasteiger partial charge is 0.362 e. The molecule has 37 heavy (non-hydrogen) atoms. The number of nitrogens with two attached hydrogens (primary N) is 1. The Balaban J connectivity index is 1.26. The minimum absolute atomic E-state index is 0.0563. The van der Waals surface area contributed by atoms with E-state index >= 15 is 0 Å². The third-order valence-corrected chi connectivity index (χ3v) is 6.57. The summed E-state index contributed by atoms with van der Waals surface area (Å²) in [5.41, 5.74) is 6.85. The summed E-state index contributed by atoms with van der Waals surface area (Å²) in [5, 5.41) is 0. The molecule has 2 aromatic heterocycles. The molecule has 0 saturated carbocycles. The lowest BCUT2D eigenvalue weighted by Crippen LogP contribution is -2.34. The summed E-state index contributed by atoms with van der Waals surface area (Å²) in [6, 6.07) is 5.98. The molecule has 0 spiro atoms. The van der Waals surface area contributed by atoms with Crippen molar-refractivity contribution in [3.63, 3.8) is 0 Å². The Morgan fingerprint density at radius 2 is 1.89 bits per heavy atom. The summed E-state index contributed by atoms with van der Waals surface area (Å²) in [5.74, 6) is -1.91. The monoisotopic (exact) mass is 532 g/mol. The fourth-order valence-electron chi connectivity index (χ4n) is 3.86. The second kappa shape index (κ2) is 11.0. The maximum absolute atomic E-state index is 12.5. The van der Waals surface area contributed by atoms with E-state index in [9.17, 15) is 22.8 Å². The lowest BCUT2D eigenvalue weighted by Gasteiger charge is -2.15. The molecular formula is C22H24N6O8S. The van der Waals surface area contributed by atoms with Gasteiger partial charge in [0.2, 0.25) is 5.91 Å². The fourth-order valence-corrected chi connectivity index (χ4v) is 4.63. The number of carbonyl (C=O) groups excluding carboxylic acids is 3. The van der Waals surface area contributed by atoms with Crippen molar-refractivity contribution in [1.29, 1.82) is 0 Å². The van der Waals surface area contributed by atoms with Gasteiger partial charge >= 0.3 is 16.3 Å². The zero-order valence-electron chi connectivity index (χ0n) is 19.7. The summed E-state index contributed by atoms with van der Waals surface area (Å²) >= 11 is 0. The Labute approximate surface area is 211 Å². The van der Waals surface area contributed by atoms with Crippen molar-refractivity contribution in [3.8, 4) is 0 Å². The number of nitrogens with zero attached hydrogens (tertiary/aromatic N) is 4. The minimum atomic E-state index is -4.44. The lowest BCUT2D eigenvalue weighted by molar-refractivity contribution is -0.119. The van der Waals surface area contributed by atoms with Crippen molar-refractivity contribution in [2.45, 2.75) is 38.0 Å². The minimum Gasteiger partial charge on any atom is -0.465 e. The number of methoxy groups -OCH3 is 1. The van der Waals surface area contributed by atoms with Gasteiger partial charge in [-0.1, -0.05) is 18.2 Å². The van der Waals surface area contributed by atoms with Gasteiger partial charge in [-0.05, 0) is 18.9 Å². The number of aromatic nitrogens is 4. The number of ketones is 1. The Morgan fingerprint density at radius 1 is 1.14 bits per heavy atom. The molecule has 3 N–H and O–H groups in total. The van der Waals surface area contributed by atoms with E-state index in [-0.39, 0.29) is 30.0 Å². The van der Waals surface area contributed by atoms with Gasteiger partial charge in [0, 0.05) is 18.4 Å². The van der Waals surface area contributed by atoms with Gasteiger partial charge < -0.3 is 15.2 Å². The molecule has 3 aromatic rings. The highest BCUT2D eigenvalue weighted by atomic mass is 32.2. The number of benzene rings is 1. The molecule has 0 aliphatic carbocycles. The van der Waals surface area contributed by atoms with Gasteiger partial charge in [0.1, 0.15) is 18.1 Å². The third kappa shape index (κ3) is 6.07. The molecule has 2 unspecified atom stereocenters. The number of rotatable bonds is 10. The standard InChI is InChI=1S/C22H24N6O8S/c1-34-22(31)15-5-3-2-4-14(15)16(29)7-8-17(30)27-37(32,33)35-10-13-6-9-18(36-13)28-12-26-19-20(23)24-11-25-21(19)28/h2-5,11-13,18H,6-10H2,1H3,(H,27,30)(H2,23,24,25). The topological polar surface area (TPSA) is 195 Å². The molecule has 4 rings (SSSR count). The number of imidazole rings is 1. The van der Waals surface area contributed by atoms with Crippen molar-refractivity contribution >= 4 is 44.9 Å². The summed E-state index contributed by atoms with van der Waals surface area (Å²) in [6.45, 7) is -0.325. The fraction of sp³-hybridized carbons (Fsp3) is 0.364. The number of carbonyl (C=O) groups is 3. The molecule has 3 heterocycles. The molecule has 1 aliphatic heterocycles. The molecule has 1 aliphatic rings. The van der Waals surface area contributed by atoms with Crippen LogP contribution in [0.5, 0.6) is 0 Å². The van der Waals surface area contributed by atoms with Gasteiger partial charge in [0.15, 0.2) is 17.2 Å². The molecule has 14 nitrogen and oxygen atoms in total. The first kappa shape index (κ1) is 26.1. The van der Waals surface area contributed by atoms with Crippen LogP contribution in [0.15, 0.2) is 36.9 Å². The number of anilines is 1. The summed E-state index contributed by atoms with van der Waals surface area (Å²) < 4.78 is 43.3. The number of esters is 1. The molecule has 1 aromatic carbocycles. The van der Waals surface area contributed by atoms with Gasteiger partial charge in [-0.25, -0.2) is 24.5 Å². The van der Waals surface area contributed by atoms with Gasteiger partial charge in [0.05, 0.1) is 31.7 Å². The van der Waals surface area contributed by atoms with E-state index in [1.54, 1.807) is 21.4 Å². The number of hydrogen-bond acceptors (Lipinski definition) is 12. The summed E-state index contributed by atoms with van der Waals surface area (Å²) in [4.78, 5) is 48.7. The van der Waals surface area contributed by atoms with Crippen LogP contribution in [0.25, 0.3) is 11.2 Å². The van der Waals surface area contributed by atoms with Crippen molar-refractivity contribution in [1.82, 2.24) is 24.2 Å². The van der Waals surface area contributed by atoms with E-state index in [2.05, 4.69) is 19.7 Å². The second-order valence-electron chi connectivity index (χ2n) is 8.10. The van der Waals surface area contributed by atoms with E-state index in [0.717, 1.165) is 0 Å². The van der Waals surface area contributed by atoms with E-state index in [1.165, 1.54) is 31.9 Å². The van der Waals surface area contributed by atoms with Crippen molar-refractivity contribution < 1.29 is 36.5 Å². The molecule has 0 radical (unpaired) electrons. The Kier molecular flexibility index (Phi) is 7.75. The van der Waals surface area contributed by atoms with Crippen molar-refractivity contribution in [3.05, 3.63) is 48.0 Å². The van der Waals surface area contributed by atoms with Crippen LogP contribution >= 0.6 is 0 Å². The average molecular weight is 533 g/mol. The number of amides is 1. The number of fused-ring (bicyclic) bond motifs is 1. The highest BCUT2D eigenvalue weighted by Gasteiger charge is 2.30. The molecule has 0 bridgehead atoms. The van der Waals surface area contributed by atoms with Gasteiger partial charge in [-0.2, -0.15) is 8.42 Å². The molecule has 2 atom stereocenters. The van der Waals surface area contributed by atoms with Crippen molar-refractivity contribution in [2.24, 2.45) is 0 Å². The average Bonchev–Trinajstić information content (AvgIpc) is 3.53. The molecule has 1 amide bonds. The van der Waals surface area contributed by atoms with Gasteiger partial charge in [-0.15, -0.1) is 0 Å². The SMILES string of the molecule is COC(=O)c1ccccc1C(=O)CCC(=O)NS(=O)(=O)OCC1CCC(n2cnc3c(N)ncnc32)O1. The van der Waals surface area contributed by atoms with E-state index in [1.807, 2.05) is 0 Å². The highest BCUT2D eigenvalue weighted by molar-refractivity contribution is 7.85. The lowest BCUT2D eigenvalue weighted by atomic mass is 10.0. The maximum Gasteiger partial charge on any atom is 0.362 e. The first-order chi connectivity index (χ1) is 17.7. The Hall–Kier alpha value is -3.95. The summed E-state index contributed by atoms with van der Waals surface area (Å²) in [6.07, 6.45) is 2.09. The van der Waals surface area contributed by atoms with Crippen LogP contribution in [0.3, 0.4) is 0 Å². The maximum atomic E-state index is 12.5. The van der Waals surface area contributed by atoms with Crippen LogP contribution in [0.1, 0.15) is 52.6 Å². The van der Waals surface area contributed by atoms with Crippen LogP contribution in [-0.4, -0.2) is 65.4 Å². The van der Waals surface area contributed by atoms with Crippen molar-refractivity contribution in [2.75, 3.05) is 19.5 Å². The third-order valence-electron chi connectivity index (χ3n) is 5.64.